The number of ether oxygens (including phenoxy) is 1. The van der Waals surface area contributed by atoms with Crippen molar-refractivity contribution < 1.29 is 20.1 Å². The molecule has 1 aromatic carbocycles. The van der Waals surface area contributed by atoms with Crippen LogP contribution in [0.5, 0.6) is 0 Å². The number of benzene rings is 1. The third-order valence-electron chi connectivity index (χ3n) is 5.25. The molecule has 3 N–H and O–H groups in total. The van der Waals surface area contributed by atoms with Crippen LogP contribution in [-0.4, -0.2) is 40.4 Å². The molecule has 0 bridgehead atoms. The predicted molar refractivity (Wildman–Crippen MR) is 83.7 cm³/mol. The Hall–Kier alpha value is -0.650. The summed E-state index contributed by atoms with van der Waals surface area (Å²) < 4.78 is 5.84. The Kier molecular flexibility index (Phi) is 4.76. The van der Waals surface area contributed by atoms with E-state index < -0.39 is 17.8 Å². The monoisotopic (exact) mass is 326 g/mol. The highest BCUT2D eigenvalue weighted by Crippen LogP contribution is 2.53. The first-order valence-corrected chi connectivity index (χ1v) is 8.34. The molecule has 22 heavy (non-hydrogen) atoms. The van der Waals surface area contributed by atoms with E-state index in [1.807, 2.05) is 18.2 Å². The zero-order valence-corrected chi connectivity index (χ0v) is 13.2. The second-order valence-electron chi connectivity index (χ2n) is 6.51. The molecule has 0 radical (unpaired) electrons. The normalized spacial score (nSPS) is 36.1. The van der Waals surface area contributed by atoms with Crippen LogP contribution >= 0.6 is 11.6 Å². The van der Waals surface area contributed by atoms with Gasteiger partial charge < -0.3 is 20.1 Å². The summed E-state index contributed by atoms with van der Waals surface area (Å²) in [4.78, 5) is 0. The van der Waals surface area contributed by atoms with E-state index in [2.05, 4.69) is 0 Å². The van der Waals surface area contributed by atoms with E-state index in [9.17, 15) is 15.3 Å². The van der Waals surface area contributed by atoms with Gasteiger partial charge in [-0.05, 0) is 42.9 Å². The van der Waals surface area contributed by atoms with Gasteiger partial charge in [-0.3, -0.25) is 0 Å². The van der Waals surface area contributed by atoms with Crippen molar-refractivity contribution in [2.45, 2.75) is 56.0 Å². The third kappa shape index (κ3) is 2.68. The molecule has 4 nitrogen and oxygen atoms in total. The fourth-order valence-electron chi connectivity index (χ4n) is 4.28. The van der Waals surface area contributed by atoms with Crippen molar-refractivity contribution in [2.24, 2.45) is 5.92 Å². The highest BCUT2D eigenvalue weighted by atomic mass is 35.5. The maximum atomic E-state index is 10.7. The molecule has 2 aliphatic rings. The zero-order chi connectivity index (χ0) is 15.7. The van der Waals surface area contributed by atoms with Gasteiger partial charge in [0.15, 0.2) is 6.29 Å². The Labute approximate surface area is 135 Å². The Morgan fingerprint density at radius 1 is 1.32 bits per heavy atom. The fraction of sp³-hybridized carbons (Fsp3) is 0.647. The maximum Gasteiger partial charge on any atom is 0.165 e. The summed E-state index contributed by atoms with van der Waals surface area (Å²) in [5.74, 6) is 0.135. The van der Waals surface area contributed by atoms with Crippen molar-refractivity contribution in [3.05, 3.63) is 34.9 Å². The molecule has 5 atom stereocenters. The van der Waals surface area contributed by atoms with E-state index in [0.29, 0.717) is 5.02 Å². The minimum absolute atomic E-state index is 0.00799. The molecule has 5 heteroatoms. The third-order valence-corrected chi connectivity index (χ3v) is 5.49. The van der Waals surface area contributed by atoms with Gasteiger partial charge in [0, 0.05) is 5.02 Å². The molecule has 1 saturated carbocycles. The highest BCUT2D eigenvalue weighted by molar-refractivity contribution is 6.30. The Morgan fingerprint density at radius 2 is 2.09 bits per heavy atom. The van der Waals surface area contributed by atoms with Gasteiger partial charge >= 0.3 is 0 Å². The average Bonchev–Trinajstić information content (AvgIpc) is 2.80. The molecule has 1 heterocycles. The Bertz CT molecular complexity index is 523. The van der Waals surface area contributed by atoms with Gasteiger partial charge in [0.2, 0.25) is 0 Å². The number of halogens is 1. The van der Waals surface area contributed by atoms with Crippen LogP contribution in [0, 0.1) is 5.92 Å². The van der Waals surface area contributed by atoms with Crippen molar-refractivity contribution in [1.82, 2.24) is 0 Å². The second-order valence-corrected chi connectivity index (χ2v) is 6.95. The van der Waals surface area contributed by atoms with Crippen LogP contribution in [0.15, 0.2) is 24.3 Å². The molecule has 3 rings (SSSR count). The molecule has 1 aromatic rings. The number of fused-ring (bicyclic) bond motifs is 1. The van der Waals surface area contributed by atoms with Crippen molar-refractivity contribution >= 4 is 11.6 Å². The topological polar surface area (TPSA) is 69.9 Å². The lowest BCUT2D eigenvalue weighted by atomic mass is 9.63. The first-order valence-electron chi connectivity index (χ1n) is 7.96. The summed E-state index contributed by atoms with van der Waals surface area (Å²) in [7, 11) is 0. The summed E-state index contributed by atoms with van der Waals surface area (Å²) in [5.41, 5.74) is 0.174. The van der Waals surface area contributed by atoms with Crippen molar-refractivity contribution in [1.29, 1.82) is 0 Å². The van der Waals surface area contributed by atoms with Gasteiger partial charge in [-0.1, -0.05) is 36.6 Å². The summed E-state index contributed by atoms with van der Waals surface area (Å²) >= 11 is 6.14. The maximum absolute atomic E-state index is 10.7. The Balaban J connectivity index is 2.06. The average molecular weight is 327 g/mol. The zero-order valence-electron chi connectivity index (χ0n) is 12.5. The summed E-state index contributed by atoms with van der Waals surface area (Å²) in [6.45, 7) is -0.327. The van der Waals surface area contributed by atoms with E-state index in [1.165, 1.54) is 0 Å². The lowest BCUT2D eigenvalue weighted by Crippen LogP contribution is -2.45. The summed E-state index contributed by atoms with van der Waals surface area (Å²) in [5, 5.41) is 30.7. The first-order chi connectivity index (χ1) is 10.6. The summed E-state index contributed by atoms with van der Waals surface area (Å²) in [6, 6.07) is 7.42. The van der Waals surface area contributed by atoms with E-state index in [0.717, 1.165) is 31.2 Å². The van der Waals surface area contributed by atoms with Crippen LogP contribution in [0.2, 0.25) is 5.02 Å². The highest BCUT2D eigenvalue weighted by Gasteiger charge is 2.57. The van der Waals surface area contributed by atoms with Gasteiger partial charge in [-0.15, -0.1) is 0 Å². The lowest BCUT2D eigenvalue weighted by molar-refractivity contribution is -0.124. The molecule has 122 valence electrons. The molecular formula is C17H23ClO4. The minimum Gasteiger partial charge on any atom is -0.394 e. The molecule has 2 fully saturated rings. The van der Waals surface area contributed by atoms with E-state index >= 15 is 0 Å². The van der Waals surface area contributed by atoms with Gasteiger partial charge in [0.1, 0.15) is 0 Å². The molecule has 0 aromatic heterocycles. The first kappa shape index (κ1) is 16.2. The molecule has 0 amide bonds. The number of aliphatic hydroxyl groups excluding tert-OH is 3. The van der Waals surface area contributed by atoms with Crippen molar-refractivity contribution in [3.8, 4) is 0 Å². The fourth-order valence-corrected chi connectivity index (χ4v) is 4.47. The van der Waals surface area contributed by atoms with Crippen LogP contribution in [0.1, 0.15) is 37.7 Å². The smallest absolute Gasteiger partial charge is 0.165 e. The van der Waals surface area contributed by atoms with E-state index in [1.54, 1.807) is 6.07 Å². The number of rotatable bonds is 4. The van der Waals surface area contributed by atoms with Crippen LogP contribution in [0.3, 0.4) is 0 Å². The number of hydrogen-bond acceptors (Lipinski definition) is 4. The Morgan fingerprint density at radius 3 is 2.82 bits per heavy atom. The largest absolute Gasteiger partial charge is 0.394 e. The summed E-state index contributed by atoms with van der Waals surface area (Å²) in [6.07, 6.45) is 2.47. The van der Waals surface area contributed by atoms with Crippen molar-refractivity contribution in [2.75, 3.05) is 6.61 Å². The molecule has 1 aliphatic heterocycles. The van der Waals surface area contributed by atoms with Crippen molar-refractivity contribution in [3.63, 3.8) is 0 Å². The number of aliphatic hydroxyl groups is 3. The van der Waals surface area contributed by atoms with Crippen LogP contribution in [0.25, 0.3) is 0 Å². The molecule has 1 saturated heterocycles. The second kappa shape index (κ2) is 6.46. The molecular weight excluding hydrogens is 304 g/mol. The molecule has 0 spiro atoms. The predicted octanol–water partition coefficient (Wildman–Crippen LogP) is 2.23. The standard InChI is InChI=1S/C17H23ClO4/c18-12-5-3-4-11(8-12)17(9-13(20)10-19)14-6-1-2-7-15(14)22-16(17)21/h3-5,8,13-16,19-21H,1-2,6-7,9-10H2. The SMILES string of the molecule is OCC(O)CC1(c2cccc(Cl)c2)C(O)OC2CCCCC21. The lowest BCUT2D eigenvalue weighted by Gasteiger charge is -2.40. The van der Waals surface area contributed by atoms with Crippen LogP contribution in [-0.2, 0) is 10.2 Å². The van der Waals surface area contributed by atoms with Gasteiger partial charge in [-0.2, -0.15) is 0 Å². The van der Waals surface area contributed by atoms with Gasteiger partial charge in [0.25, 0.3) is 0 Å². The van der Waals surface area contributed by atoms with Crippen LogP contribution in [0.4, 0.5) is 0 Å². The minimum atomic E-state index is -0.986. The van der Waals surface area contributed by atoms with Crippen LogP contribution < -0.4 is 0 Å². The van der Waals surface area contributed by atoms with Gasteiger partial charge in [0.05, 0.1) is 24.2 Å². The van der Waals surface area contributed by atoms with E-state index in [-0.39, 0.29) is 25.0 Å². The van der Waals surface area contributed by atoms with Gasteiger partial charge in [-0.25, -0.2) is 0 Å². The van der Waals surface area contributed by atoms with E-state index in [4.69, 9.17) is 16.3 Å². The number of hydrogen-bond donors (Lipinski definition) is 3. The quantitative estimate of drug-likeness (QED) is 0.793. The molecule has 1 aliphatic carbocycles. The molecule has 5 unspecified atom stereocenters.